The number of halogens is 1. The van der Waals surface area contributed by atoms with Crippen LogP contribution in [0.1, 0.15) is 23.4 Å². The summed E-state index contributed by atoms with van der Waals surface area (Å²) in [6.45, 7) is 1.87. The van der Waals surface area contributed by atoms with Gasteiger partial charge in [0, 0.05) is 12.5 Å². The zero-order valence-corrected chi connectivity index (χ0v) is 11.2. The van der Waals surface area contributed by atoms with Gasteiger partial charge in [-0.3, -0.25) is 0 Å². The number of ether oxygens (including phenoxy) is 1. The summed E-state index contributed by atoms with van der Waals surface area (Å²) in [5, 5.41) is 13.4. The first-order valence-electron chi connectivity index (χ1n) is 5.60. The standard InChI is InChI=1S/C12H12ClN3O3/c1-3-10-14-11(12(17)18)15-16(10)7-4-5-8(13)9(6-7)19-2/h4-6H,3H2,1-2H3,(H,17,18). The van der Waals surface area contributed by atoms with Crippen molar-refractivity contribution in [3.63, 3.8) is 0 Å². The lowest BCUT2D eigenvalue weighted by Gasteiger charge is -2.07. The van der Waals surface area contributed by atoms with Gasteiger partial charge in [0.05, 0.1) is 17.8 Å². The second-order valence-corrected chi connectivity index (χ2v) is 4.15. The van der Waals surface area contributed by atoms with Crippen LogP contribution in [-0.2, 0) is 6.42 Å². The predicted molar refractivity (Wildman–Crippen MR) is 69.3 cm³/mol. The first-order valence-corrected chi connectivity index (χ1v) is 5.97. The second-order valence-electron chi connectivity index (χ2n) is 3.74. The molecule has 0 radical (unpaired) electrons. The van der Waals surface area contributed by atoms with Crippen LogP contribution in [0.25, 0.3) is 5.69 Å². The van der Waals surface area contributed by atoms with Crippen molar-refractivity contribution in [1.82, 2.24) is 14.8 Å². The third-order valence-corrected chi connectivity index (χ3v) is 2.87. The van der Waals surface area contributed by atoms with Crippen LogP contribution in [0, 0.1) is 0 Å². The van der Waals surface area contributed by atoms with Gasteiger partial charge in [-0.05, 0) is 12.1 Å². The van der Waals surface area contributed by atoms with Gasteiger partial charge in [-0.25, -0.2) is 14.5 Å². The smallest absolute Gasteiger partial charge is 0.375 e. The maximum absolute atomic E-state index is 10.9. The van der Waals surface area contributed by atoms with Gasteiger partial charge in [0.15, 0.2) is 0 Å². The van der Waals surface area contributed by atoms with Gasteiger partial charge in [-0.15, -0.1) is 5.10 Å². The van der Waals surface area contributed by atoms with Crippen molar-refractivity contribution >= 4 is 17.6 Å². The normalized spacial score (nSPS) is 10.5. The maximum atomic E-state index is 10.9. The second kappa shape index (κ2) is 5.27. The van der Waals surface area contributed by atoms with E-state index in [2.05, 4.69) is 10.1 Å². The molecule has 0 amide bonds. The molecule has 0 spiro atoms. The zero-order valence-electron chi connectivity index (χ0n) is 10.4. The summed E-state index contributed by atoms with van der Waals surface area (Å²) < 4.78 is 6.60. The minimum atomic E-state index is -1.16. The molecule has 2 aromatic rings. The molecule has 1 heterocycles. The molecule has 1 aromatic heterocycles. The summed E-state index contributed by atoms with van der Waals surface area (Å²) in [5.74, 6) is -0.337. The summed E-state index contributed by atoms with van der Waals surface area (Å²) in [7, 11) is 1.51. The van der Waals surface area contributed by atoms with Gasteiger partial charge < -0.3 is 9.84 Å². The van der Waals surface area contributed by atoms with E-state index in [1.807, 2.05) is 6.92 Å². The Kier molecular flexibility index (Phi) is 3.71. The SMILES string of the molecule is CCc1nc(C(=O)O)nn1-c1ccc(Cl)c(OC)c1. The minimum Gasteiger partial charge on any atom is -0.495 e. The summed E-state index contributed by atoms with van der Waals surface area (Å²) >= 11 is 5.95. The van der Waals surface area contributed by atoms with Crippen LogP contribution in [0.3, 0.4) is 0 Å². The highest BCUT2D eigenvalue weighted by molar-refractivity contribution is 6.32. The Labute approximate surface area is 114 Å². The van der Waals surface area contributed by atoms with Crippen LogP contribution in [0.4, 0.5) is 0 Å². The Morgan fingerprint density at radius 3 is 2.84 bits per heavy atom. The average Bonchev–Trinajstić information content (AvgIpc) is 2.83. The van der Waals surface area contributed by atoms with Crippen molar-refractivity contribution < 1.29 is 14.6 Å². The number of nitrogens with zero attached hydrogens (tertiary/aromatic N) is 3. The molecule has 0 unspecified atom stereocenters. The summed E-state index contributed by atoms with van der Waals surface area (Å²) in [4.78, 5) is 14.9. The summed E-state index contributed by atoms with van der Waals surface area (Å²) in [6, 6.07) is 5.07. The number of hydrogen-bond acceptors (Lipinski definition) is 4. The fraction of sp³-hybridized carbons (Fsp3) is 0.250. The van der Waals surface area contributed by atoms with Crippen molar-refractivity contribution in [2.24, 2.45) is 0 Å². The minimum absolute atomic E-state index is 0.231. The molecule has 0 saturated carbocycles. The molecule has 0 aliphatic heterocycles. The van der Waals surface area contributed by atoms with Gasteiger partial charge in [0.25, 0.3) is 5.82 Å². The number of methoxy groups -OCH3 is 1. The summed E-state index contributed by atoms with van der Waals surface area (Å²) in [6.07, 6.45) is 0.561. The van der Waals surface area contributed by atoms with Crippen LogP contribution in [-0.4, -0.2) is 33.0 Å². The highest BCUT2D eigenvalue weighted by Crippen LogP contribution is 2.27. The lowest BCUT2D eigenvalue weighted by molar-refractivity contribution is 0.0683. The first-order chi connectivity index (χ1) is 9.06. The fourth-order valence-corrected chi connectivity index (χ4v) is 1.85. The van der Waals surface area contributed by atoms with E-state index in [4.69, 9.17) is 21.4 Å². The number of aryl methyl sites for hydroxylation is 1. The number of aromatic nitrogens is 3. The molecule has 2 rings (SSSR count). The molecule has 0 bridgehead atoms. The van der Waals surface area contributed by atoms with Gasteiger partial charge in [0.1, 0.15) is 11.6 Å². The molecule has 19 heavy (non-hydrogen) atoms. The third-order valence-electron chi connectivity index (χ3n) is 2.56. The molecule has 1 N–H and O–H groups in total. The van der Waals surface area contributed by atoms with Gasteiger partial charge in [-0.2, -0.15) is 0 Å². The first kappa shape index (κ1) is 13.4. The van der Waals surface area contributed by atoms with E-state index in [0.29, 0.717) is 28.7 Å². The lowest BCUT2D eigenvalue weighted by atomic mass is 10.3. The Bertz CT molecular complexity index is 625. The Balaban J connectivity index is 2.54. The van der Waals surface area contributed by atoms with Crippen molar-refractivity contribution in [2.45, 2.75) is 13.3 Å². The highest BCUT2D eigenvalue weighted by Gasteiger charge is 2.16. The van der Waals surface area contributed by atoms with Gasteiger partial charge >= 0.3 is 5.97 Å². The van der Waals surface area contributed by atoms with E-state index in [1.165, 1.54) is 11.8 Å². The number of hydrogen-bond donors (Lipinski definition) is 1. The van der Waals surface area contributed by atoms with E-state index >= 15 is 0 Å². The number of aromatic carboxylic acids is 1. The molecule has 100 valence electrons. The monoisotopic (exact) mass is 281 g/mol. The number of carbonyl (C=O) groups is 1. The molecular weight excluding hydrogens is 270 g/mol. The quantitative estimate of drug-likeness (QED) is 0.929. The molecule has 0 saturated heterocycles. The topological polar surface area (TPSA) is 77.2 Å². The molecule has 0 atom stereocenters. The van der Waals surface area contributed by atoms with E-state index < -0.39 is 5.97 Å². The molecule has 0 aliphatic rings. The molecular formula is C12H12ClN3O3. The van der Waals surface area contributed by atoms with E-state index in [0.717, 1.165) is 0 Å². The van der Waals surface area contributed by atoms with E-state index in [9.17, 15) is 4.79 Å². The van der Waals surface area contributed by atoms with E-state index in [-0.39, 0.29) is 5.82 Å². The molecule has 7 heteroatoms. The van der Waals surface area contributed by atoms with Crippen molar-refractivity contribution in [3.05, 3.63) is 34.9 Å². The largest absolute Gasteiger partial charge is 0.495 e. The number of rotatable bonds is 4. The van der Waals surface area contributed by atoms with Crippen LogP contribution < -0.4 is 4.74 Å². The Morgan fingerprint density at radius 1 is 1.53 bits per heavy atom. The van der Waals surface area contributed by atoms with Crippen molar-refractivity contribution in [3.8, 4) is 11.4 Å². The number of carboxylic acid groups (broad SMARTS) is 1. The lowest BCUT2D eigenvalue weighted by Crippen LogP contribution is -2.03. The third kappa shape index (κ3) is 2.53. The molecule has 0 fully saturated rings. The van der Waals surface area contributed by atoms with Crippen LogP contribution >= 0.6 is 11.6 Å². The highest BCUT2D eigenvalue weighted by atomic mass is 35.5. The van der Waals surface area contributed by atoms with Gasteiger partial charge in [0.2, 0.25) is 0 Å². The fourth-order valence-electron chi connectivity index (χ4n) is 1.65. The van der Waals surface area contributed by atoms with Gasteiger partial charge in [-0.1, -0.05) is 18.5 Å². The van der Waals surface area contributed by atoms with Crippen LogP contribution in [0.5, 0.6) is 5.75 Å². The molecule has 1 aromatic carbocycles. The average molecular weight is 282 g/mol. The Hall–Kier alpha value is -2.08. The van der Waals surface area contributed by atoms with Crippen molar-refractivity contribution in [1.29, 1.82) is 0 Å². The number of carboxylic acids is 1. The Morgan fingerprint density at radius 2 is 2.26 bits per heavy atom. The van der Waals surface area contributed by atoms with Crippen LogP contribution in [0.15, 0.2) is 18.2 Å². The zero-order chi connectivity index (χ0) is 14.0. The molecule has 6 nitrogen and oxygen atoms in total. The maximum Gasteiger partial charge on any atom is 0.375 e. The number of benzene rings is 1. The van der Waals surface area contributed by atoms with Crippen LogP contribution in [0.2, 0.25) is 5.02 Å². The summed E-state index contributed by atoms with van der Waals surface area (Å²) in [5.41, 5.74) is 0.651. The van der Waals surface area contributed by atoms with Crippen molar-refractivity contribution in [2.75, 3.05) is 7.11 Å². The van der Waals surface area contributed by atoms with E-state index in [1.54, 1.807) is 18.2 Å². The predicted octanol–water partition coefficient (Wildman–Crippen LogP) is 2.19. The molecule has 0 aliphatic carbocycles.